The van der Waals surface area contributed by atoms with E-state index in [0.29, 0.717) is 5.82 Å². The van der Waals surface area contributed by atoms with Gasteiger partial charge in [0.2, 0.25) is 0 Å². The summed E-state index contributed by atoms with van der Waals surface area (Å²) in [6, 6.07) is 10.2. The van der Waals surface area contributed by atoms with Gasteiger partial charge in [0.25, 0.3) is 0 Å². The first kappa shape index (κ1) is 12.5. The highest BCUT2D eigenvalue weighted by molar-refractivity contribution is 5.80. The van der Waals surface area contributed by atoms with Gasteiger partial charge in [-0.3, -0.25) is 0 Å². The van der Waals surface area contributed by atoms with E-state index in [1.54, 1.807) is 19.2 Å². The van der Waals surface area contributed by atoms with Crippen LogP contribution in [0.3, 0.4) is 0 Å². The summed E-state index contributed by atoms with van der Waals surface area (Å²) in [6.45, 7) is 0. The molecule has 1 heterocycles. The molecule has 0 radical (unpaired) electrons. The van der Waals surface area contributed by atoms with Crippen molar-refractivity contribution >= 4 is 11.0 Å². The molecule has 0 unspecified atom stereocenters. The van der Waals surface area contributed by atoms with Crippen molar-refractivity contribution in [3.05, 3.63) is 42.2 Å². The van der Waals surface area contributed by atoms with Crippen LogP contribution in [0.1, 0.15) is 0 Å². The number of nitrogens with zero attached hydrogens (tertiary/aromatic N) is 1. The van der Waals surface area contributed by atoms with E-state index in [9.17, 15) is 4.39 Å². The fourth-order valence-corrected chi connectivity index (χ4v) is 2.06. The highest BCUT2D eigenvalue weighted by Gasteiger charge is 2.09. The molecule has 0 atom stereocenters. The van der Waals surface area contributed by atoms with Gasteiger partial charge >= 0.3 is 0 Å². The Morgan fingerprint density at radius 3 is 2.65 bits per heavy atom. The molecule has 102 valence electrons. The first-order valence-corrected chi connectivity index (χ1v) is 6.09. The highest BCUT2D eigenvalue weighted by atomic mass is 19.1. The Balaban J connectivity index is 2.09. The molecule has 0 saturated heterocycles. The van der Waals surface area contributed by atoms with E-state index in [1.165, 1.54) is 13.2 Å². The molecular weight excluding hydrogens is 259 g/mol. The number of halogens is 1. The number of nitrogens with one attached hydrogen (secondary N) is 1. The SMILES string of the molecule is COc1ccc2nc(-c3ccc(F)c(OC)c3)[nH]c2c1. The molecule has 0 saturated carbocycles. The van der Waals surface area contributed by atoms with E-state index in [1.807, 2.05) is 18.2 Å². The third kappa shape index (κ3) is 2.07. The lowest BCUT2D eigenvalue weighted by molar-refractivity contribution is 0.387. The van der Waals surface area contributed by atoms with Gasteiger partial charge in [-0.15, -0.1) is 0 Å². The van der Waals surface area contributed by atoms with Gasteiger partial charge < -0.3 is 14.5 Å². The summed E-state index contributed by atoms with van der Waals surface area (Å²) in [6.07, 6.45) is 0. The van der Waals surface area contributed by atoms with Crippen molar-refractivity contribution < 1.29 is 13.9 Å². The number of H-pyrrole nitrogens is 1. The van der Waals surface area contributed by atoms with E-state index in [-0.39, 0.29) is 5.75 Å². The van der Waals surface area contributed by atoms with Gasteiger partial charge in [-0.1, -0.05) is 0 Å². The summed E-state index contributed by atoms with van der Waals surface area (Å²) < 4.78 is 23.6. The van der Waals surface area contributed by atoms with E-state index in [0.717, 1.165) is 22.3 Å². The molecular formula is C15H13FN2O2. The Morgan fingerprint density at radius 2 is 1.90 bits per heavy atom. The molecule has 0 aliphatic rings. The van der Waals surface area contributed by atoms with E-state index >= 15 is 0 Å². The standard InChI is InChI=1S/C15H13FN2O2/c1-19-10-4-6-12-13(8-10)18-15(17-12)9-3-5-11(16)14(7-9)20-2/h3-8H,1-2H3,(H,17,18). The summed E-state index contributed by atoms with van der Waals surface area (Å²) in [7, 11) is 3.05. The third-order valence-electron chi connectivity index (χ3n) is 3.11. The molecule has 3 rings (SSSR count). The second kappa shape index (κ2) is 4.85. The lowest BCUT2D eigenvalue weighted by atomic mass is 10.2. The fraction of sp³-hybridized carbons (Fsp3) is 0.133. The van der Waals surface area contributed by atoms with Crippen LogP contribution in [0.5, 0.6) is 11.5 Å². The van der Waals surface area contributed by atoms with Crippen LogP contribution in [0, 0.1) is 5.82 Å². The number of aromatic amines is 1. The largest absolute Gasteiger partial charge is 0.497 e. The Hall–Kier alpha value is -2.56. The number of methoxy groups -OCH3 is 2. The Bertz CT molecular complexity index is 768. The van der Waals surface area contributed by atoms with Crippen molar-refractivity contribution in [3.63, 3.8) is 0 Å². The predicted molar refractivity (Wildman–Crippen MR) is 74.6 cm³/mol. The van der Waals surface area contributed by atoms with Gasteiger partial charge in [-0.2, -0.15) is 0 Å². The van der Waals surface area contributed by atoms with Crippen LogP contribution in [-0.4, -0.2) is 24.2 Å². The van der Waals surface area contributed by atoms with Crippen molar-refractivity contribution in [2.45, 2.75) is 0 Å². The van der Waals surface area contributed by atoms with Crippen LogP contribution >= 0.6 is 0 Å². The van der Waals surface area contributed by atoms with Crippen LogP contribution in [0.25, 0.3) is 22.4 Å². The number of rotatable bonds is 3. The minimum atomic E-state index is -0.394. The lowest BCUT2D eigenvalue weighted by Gasteiger charge is -2.03. The molecule has 4 nitrogen and oxygen atoms in total. The van der Waals surface area contributed by atoms with Crippen molar-refractivity contribution in [2.75, 3.05) is 14.2 Å². The average molecular weight is 272 g/mol. The predicted octanol–water partition coefficient (Wildman–Crippen LogP) is 3.39. The Labute approximate surface area is 115 Å². The van der Waals surface area contributed by atoms with Gasteiger partial charge in [0.1, 0.15) is 11.6 Å². The van der Waals surface area contributed by atoms with Gasteiger partial charge in [0, 0.05) is 11.6 Å². The normalized spacial score (nSPS) is 10.8. The molecule has 0 amide bonds. The molecule has 5 heteroatoms. The number of fused-ring (bicyclic) bond motifs is 1. The topological polar surface area (TPSA) is 47.1 Å². The number of ether oxygens (including phenoxy) is 2. The number of hydrogen-bond acceptors (Lipinski definition) is 3. The van der Waals surface area contributed by atoms with Crippen LogP contribution in [-0.2, 0) is 0 Å². The molecule has 0 spiro atoms. The lowest BCUT2D eigenvalue weighted by Crippen LogP contribution is -1.89. The minimum Gasteiger partial charge on any atom is -0.497 e. The highest BCUT2D eigenvalue weighted by Crippen LogP contribution is 2.27. The second-order valence-corrected chi connectivity index (χ2v) is 4.32. The molecule has 2 aromatic carbocycles. The van der Waals surface area contributed by atoms with Gasteiger partial charge in [0.15, 0.2) is 11.6 Å². The Kier molecular flexibility index (Phi) is 3.02. The van der Waals surface area contributed by atoms with Crippen LogP contribution < -0.4 is 9.47 Å². The second-order valence-electron chi connectivity index (χ2n) is 4.32. The molecule has 3 aromatic rings. The van der Waals surface area contributed by atoms with Gasteiger partial charge in [-0.05, 0) is 30.3 Å². The first-order chi connectivity index (χ1) is 9.71. The number of benzene rings is 2. The fourth-order valence-electron chi connectivity index (χ4n) is 2.06. The molecule has 0 aliphatic carbocycles. The zero-order chi connectivity index (χ0) is 14.1. The molecule has 20 heavy (non-hydrogen) atoms. The van der Waals surface area contributed by atoms with Crippen LogP contribution in [0.4, 0.5) is 4.39 Å². The maximum atomic E-state index is 13.4. The number of hydrogen-bond donors (Lipinski definition) is 1. The molecule has 1 aromatic heterocycles. The van der Waals surface area contributed by atoms with E-state index in [2.05, 4.69) is 9.97 Å². The van der Waals surface area contributed by atoms with Crippen molar-refractivity contribution in [1.29, 1.82) is 0 Å². The first-order valence-electron chi connectivity index (χ1n) is 6.09. The minimum absolute atomic E-state index is 0.195. The summed E-state index contributed by atoms with van der Waals surface area (Å²) in [4.78, 5) is 7.66. The zero-order valence-electron chi connectivity index (χ0n) is 11.1. The smallest absolute Gasteiger partial charge is 0.165 e. The van der Waals surface area contributed by atoms with Crippen LogP contribution in [0.2, 0.25) is 0 Å². The zero-order valence-corrected chi connectivity index (χ0v) is 11.1. The summed E-state index contributed by atoms with van der Waals surface area (Å²) in [5, 5.41) is 0. The average Bonchev–Trinajstić information content (AvgIpc) is 2.90. The molecule has 0 bridgehead atoms. The summed E-state index contributed by atoms with van der Waals surface area (Å²) in [5.74, 6) is 1.21. The van der Waals surface area contributed by atoms with Crippen molar-refractivity contribution in [1.82, 2.24) is 9.97 Å². The maximum Gasteiger partial charge on any atom is 0.165 e. The van der Waals surface area contributed by atoms with E-state index in [4.69, 9.17) is 9.47 Å². The van der Waals surface area contributed by atoms with Gasteiger partial charge in [-0.25, -0.2) is 9.37 Å². The number of aromatic nitrogens is 2. The van der Waals surface area contributed by atoms with Gasteiger partial charge in [0.05, 0.1) is 25.3 Å². The van der Waals surface area contributed by atoms with E-state index < -0.39 is 5.82 Å². The Morgan fingerprint density at radius 1 is 1.05 bits per heavy atom. The quantitative estimate of drug-likeness (QED) is 0.795. The summed E-state index contributed by atoms with van der Waals surface area (Å²) in [5.41, 5.74) is 2.45. The maximum absolute atomic E-state index is 13.4. The van der Waals surface area contributed by atoms with Crippen molar-refractivity contribution in [3.8, 4) is 22.9 Å². The molecule has 0 aliphatic heterocycles. The third-order valence-corrected chi connectivity index (χ3v) is 3.11. The number of imidazole rings is 1. The molecule has 1 N–H and O–H groups in total. The van der Waals surface area contributed by atoms with Crippen LogP contribution in [0.15, 0.2) is 36.4 Å². The van der Waals surface area contributed by atoms with Crippen molar-refractivity contribution in [2.24, 2.45) is 0 Å². The molecule has 0 fully saturated rings. The monoisotopic (exact) mass is 272 g/mol. The summed E-state index contributed by atoms with van der Waals surface area (Å²) >= 11 is 0.